The number of aliphatic hydroxyl groups is 1. The lowest BCUT2D eigenvalue weighted by molar-refractivity contribution is 0.0432. The quantitative estimate of drug-likeness (QED) is 0.642. The Morgan fingerprint density at radius 3 is 2.28 bits per heavy atom. The molecular weight excluding hydrogens is 376 g/mol. The second-order valence-corrected chi connectivity index (χ2v) is 6.55. The first kappa shape index (κ1) is 20.7. The third kappa shape index (κ3) is 4.19. The molecule has 7 heteroatoms. The van der Waals surface area contributed by atoms with Crippen LogP contribution in [0.3, 0.4) is 0 Å². The molecule has 0 saturated heterocycles. The van der Waals surface area contributed by atoms with E-state index in [1.165, 1.54) is 7.11 Å². The van der Waals surface area contributed by atoms with Crippen LogP contribution in [0, 0.1) is 0 Å². The number of ether oxygens (including phenoxy) is 6. The van der Waals surface area contributed by atoms with Crippen molar-refractivity contribution < 1.29 is 33.5 Å². The molecule has 2 atom stereocenters. The average Bonchev–Trinajstić information content (AvgIpc) is 3.21. The molecule has 2 aromatic rings. The van der Waals surface area contributed by atoms with E-state index in [0.29, 0.717) is 46.5 Å². The van der Waals surface area contributed by atoms with Crippen molar-refractivity contribution in [1.29, 1.82) is 0 Å². The average molecular weight is 402 g/mol. The van der Waals surface area contributed by atoms with Crippen molar-refractivity contribution in [1.82, 2.24) is 0 Å². The smallest absolute Gasteiger partial charge is 0.231 e. The van der Waals surface area contributed by atoms with E-state index < -0.39 is 12.2 Å². The Kier molecular flexibility index (Phi) is 6.39. The standard InChI is InChI=1S/C22H26O7/c1-6-7-14-8-16(24-3)22(17(9-14)25-4)29-13(2)20(23)15-10-18(26-5)21-19(11-15)27-12-28-21/h6,8-11,13,20,23H,1,7,12H2,2-5H3/t13-,20+/m0/s1. The molecule has 1 N–H and O–H groups in total. The molecule has 3 rings (SSSR count). The highest BCUT2D eigenvalue weighted by molar-refractivity contribution is 5.56. The van der Waals surface area contributed by atoms with Crippen LogP contribution >= 0.6 is 0 Å². The van der Waals surface area contributed by atoms with Crippen LogP contribution in [0.5, 0.6) is 34.5 Å². The first-order valence-electron chi connectivity index (χ1n) is 9.20. The summed E-state index contributed by atoms with van der Waals surface area (Å²) in [6, 6.07) is 7.15. The van der Waals surface area contributed by atoms with Gasteiger partial charge in [-0.15, -0.1) is 6.58 Å². The number of methoxy groups -OCH3 is 3. The van der Waals surface area contributed by atoms with E-state index in [-0.39, 0.29) is 6.79 Å². The van der Waals surface area contributed by atoms with E-state index in [9.17, 15) is 5.11 Å². The summed E-state index contributed by atoms with van der Waals surface area (Å²) in [7, 11) is 4.65. The summed E-state index contributed by atoms with van der Waals surface area (Å²) < 4.78 is 33.2. The number of aliphatic hydroxyl groups excluding tert-OH is 1. The third-order valence-corrected chi connectivity index (χ3v) is 4.67. The highest BCUT2D eigenvalue weighted by Gasteiger charge is 2.27. The van der Waals surface area contributed by atoms with Crippen LogP contribution in [0.4, 0.5) is 0 Å². The van der Waals surface area contributed by atoms with Crippen LogP contribution in [0.25, 0.3) is 0 Å². The molecule has 0 amide bonds. The first-order chi connectivity index (χ1) is 14.0. The van der Waals surface area contributed by atoms with Crippen LogP contribution in [-0.4, -0.2) is 39.3 Å². The van der Waals surface area contributed by atoms with Crippen molar-refractivity contribution in [2.24, 2.45) is 0 Å². The van der Waals surface area contributed by atoms with Crippen molar-refractivity contribution in [2.45, 2.75) is 25.6 Å². The minimum atomic E-state index is -0.958. The Morgan fingerprint density at radius 2 is 1.69 bits per heavy atom. The van der Waals surface area contributed by atoms with Crippen LogP contribution in [0.15, 0.2) is 36.9 Å². The number of hydrogen-bond donors (Lipinski definition) is 1. The minimum absolute atomic E-state index is 0.114. The zero-order valence-corrected chi connectivity index (χ0v) is 17.1. The van der Waals surface area contributed by atoms with Crippen LogP contribution in [-0.2, 0) is 6.42 Å². The van der Waals surface area contributed by atoms with Crippen molar-refractivity contribution in [3.63, 3.8) is 0 Å². The van der Waals surface area contributed by atoms with Crippen molar-refractivity contribution in [3.8, 4) is 34.5 Å². The van der Waals surface area contributed by atoms with Crippen LogP contribution in [0.2, 0.25) is 0 Å². The molecule has 29 heavy (non-hydrogen) atoms. The molecule has 0 spiro atoms. The zero-order chi connectivity index (χ0) is 21.0. The van der Waals surface area contributed by atoms with E-state index in [1.54, 1.807) is 39.4 Å². The molecule has 0 aromatic heterocycles. The molecule has 0 radical (unpaired) electrons. The van der Waals surface area contributed by atoms with E-state index >= 15 is 0 Å². The summed E-state index contributed by atoms with van der Waals surface area (Å²) in [5.41, 5.74) is 1.56. The van der Waals surface area contributed by atoms with Gasteiger partial charge in [-0.2, -0.15) is 0 Å². The highest BCUT2D eigenvalue weighted by atomic mass is 16.7. The number of hydrogen-bond acceptors (Lipinski definition) is 7. The molecule has 0 unspecified atom stereocenters. The van der Waals surface area contributed by atoms with E-state index in [2.05, 4.69) is 6.58 Å². The Morgan fingerprint density at radius 1 is 1.03 bits per heavy atom. The molecule has 0 fully saturated rings. The fourth-order valence-corrected chi connectivity index (χ4v) is 3.18. The maximum atomic E-state index is 10.9. The fourth-order valence-electron chi connectivity index (χ4n) is 3.18. The van der Waals surface area contributed by atoms with Gasteiger partial charge in [-0.25, -0.2) is 0 Å². The Bertz CT molecular complexity index is 853. The fraction of sp³-hybridized carbons (Fsp3) is 0.364. The van der Waals surface area contributed by atoms with Crippen LogP contribution < -0.4 is 28.4 Å². The largest absolute Gasteiger partial charge is 0.493 e. The number of benzene rings is 2. The lowest BCUT2D eigenvalue weighted by Crippen LogP contribution is -2.22. The molecule has 156 valence electrons. The molecule has 0 bridgehead atoms. The molecule has 2 aromatic carbocycles. The Balaban J connectivity index is 1.88. The van der Waals surface area contributed by atoms with Crippen molar-refractivity contribution in [2.75, 3.05) is 28.1 Å². The Hall–Kier alpha value is -3.06. The molecule has 1 aliphatic rings. The van der Waals surface area contributed by atoms with Gasteiger partial charge in [0, 0.05) is 0 Å². The third-order valence-electron chi connectivity index (χ3n) is 4.67. The summed E-state index contributed by atoms with van der Waals surface area (Å²) >= 11 is 0. The highest BCUT2D eigenvalue weighted by Crippen LogP contribution is 2.44. The molecular formula is C22H26O7. The lowest BCUT2D eigenvalue weighted by atomic mass is 10.0. The van der Waals surface area contributed by atoms with E-state index in [0.717, 1.165) is 5.56 Å². The first-order valence-corrected chi connectivity index (χ1v) is 9.20. The van der Waals surface area contributed by atoms with Gasteiger partial charge in [-0.3, -0.25) is 0 Å². The monoisotopic (exact) mass is 402 g/mol. The topological polar surface area (TPSA) is 75.6 Å². The van der Waals surface area contributed by atoms with Crippen LogP contribution in [0.1, 0.15) is 24.2 Å². The number of allylic oxidation sites excluding steroid dienone is 1. The maximum absolute atomic E-state index is 10.9. The van der Waals surface area contributed by atoms with E-state index in [4.69, 9.17) is 28.4 Å². The predicted molar refractivity (Wildman–Crippen MR) is 108 cm³/mol. The summed E-state index contributed by atoms with van der Waals surface area (Å²) in [5.74, 6) is 2.99. The molecule has 0 aliphatic carbocycles. The van der Waals surface area contributed by atoms with Crippen molar-refractivity contribution >= 4 is 0 Å². The maximum Gasteiger partial charge on any atom is 0.231 e. The van der Waals surface area contributed by atoms with Crippen molar-refractivity contribution in [3.05, 3.63) is 48.0 Å². The second-order valence-electron chi connectivity index (χ2n) is 6.55. The summed E-state index contributed by atoms with van der Waals surface area (Å²) in [4.78, 5) is 0. The van der Waals surface area contributed by atoms with Gasteiger partial charge in [0.2, 0.25) is 18.3 Å². The molecule has 1 aliphatic heterocycles. The van der Waals surface area contributed by atoms with Gasteiger partial charge in [-0.05, 0) is 48.7 Å². The number of fused-ring (bicyclic) bond motifs is 1. The zero-order valence-electron chi connectivity index (χ0n) is 17.1. The summed E-state index contributed by atoms with van der Waals surface area (Å²) in [6.45, 7) is 5.63. The van der Waals surface area contributed by atoms with E-state index in [1.807, 2.05) is 12.1 Å². The van der Waals surface area contributed by atoms with Gasteiger partial charge in [0.05, 0.1) is 21.3 Å². The predicted octanol–water partition coefficient (Wildman–Crippen LogP) is 3.67. The van der Waals surface area contributed by atoms with Gasteiger partial charge in [0.25, 0.3) is 0 Å². The van der Waals surface area contributed by atoms with Gasteiger partial charge in [0.15, 0.2) is 23.0 Å². The normalized spacial score (nSPS) is 14.1. The summed E-state index contributed by atoms with van der Waals surface area (Å²) in [6.07, 6.45) is 0.893. The Labute approximate surface area is 170 Å². The molecule has 0 saturated carbocycles. The minimum Gasteiger partial charge on any atom is -0.493 e. The SMILES string of the molecule is C=CCc1cc(OC)c(O[C@@H](C)[C@@H](O)c2cc(OC)c3c(c2)OCO3)c(OC)c1. The second kappa shape index (κ2) is 8.96. The van der Waals surface area contributed by atoms with Gasteiger partial charge in [-0.1, -0.05) is 6.08 Å². The lowest BCUT2D eigenvalue weighted by Gasteiger charge is -2.24. The van der Waals surface area contributed by atoms with Gasteiger partial charge >= 0.3 is 0 Å². The molecule has 1 heterocycles. The summed E-state index contributed by atoms with van der Waals surface area (Å²) in [5, 5.41) is 10.9. The number of rotatable bonds is 9. The molecule has 7 nitrogen and oxygen atoms in total. The van der Waals surface area contributed by atoms with Gasteiger partial charge in [0.1, 0.15) is 12.2 Å². The van der Waals surface area contributed by atoms with Gasteiger partial charge < -0.3 is 33.5 Å².